The number of nitrogens with zero attached hydrogens (tertiary/aromatic N) is 8. The van der Waals surface area contributed by atoms with E-state index in [1.165, 1.54) is 70.8 Å². The molecule has 0 spiro atoms. The number of nitrogens with one attached hydrogen (secondary N) is 4. The number of ketones is 1. The lowest BCUT2D eigenvalue weighted by molar-refractivity contribution is -0.145. The number of aliphatic hydroxyl groups is 1. The van der Waals surface area contributed by atoms with Gasteiger partial charge in [-0.15, -0.1) is 68.0 Å². The summed E-state index contributed by atoms with van der Waals surface area (Å²) in [6.07, 6.45) is 0.302. The number of aliphatic hydroxyl groups excluding tert-OH is 1. The van der Waals surface area contributed by atoms with Crippen LogP contribution in [-0.2, 0) is 35.3 Å². The molecule has 0 saturated heterocycles. The summed E-state index contributed by atoms with van der Waals surface area (Å²) in [5.74, 6) is -6.72. The third-order valence-corrected chi connectivity index (χ3v) is 22.1. The molecule has 91 heavy (non-hydrogen) atoms. The van der Waals surface area contributed by atoms with Crippen LogP contribution >= 0.6 is 68.0 Å². The van der Waals surface area contributed by atoms with Gasteiger partial charge in [0.05, 0.1) is 53.0 Å². The number of hydrogen-bond donors (Lipinski definition) is 7. The first kappa shape index (κ1) is 64.6. The molecule has 8 heterocycles. The van der Waals surface area contributed by atoms with E-state index < -0.39 is 90.0 Å². The number of carbonyl (C=O) groups is 8. The Hall–Kier alpha value is -7.97. The van der Waals surface area contributed by atoms with Crippen molar-refractivity contribution in [3.8, 4) is 43.4 Å². The molecule has 5 amide bonds. The molecule has 30 heteroatoms. The number of methoxy groups -OCH3 is 1. The van der Waals surface area contributed by atoms with Gasteiger partial charge in [0.2, 0.25) is 17.7 Å². The smallest absolute Gasteiger partial charge is 0.306 e. The first-order chi connectivity index (χ1) is 43.7. The molecule has 4 atom stereocenters. The number of carboxylic acids is 2. The Kier molecular flexibility index (Phi) is 19.8. The minimum absolute atomic E-state index is 0.00907. The number of benzene rings is 1. The zero-order valence-corrected chi connectivity index (χ0v) is 54.6. The van der Waals surface area contributed by atoms with Gasteiger partial charge in [0.25, 0.3) is 11.8 Å². The average molecular weight is 1350 g/mol. The third-order valence-electron chi connectivity index (χ3n) is 16.3. The van der Waals surface area contributed by atoms with Crippen LogP contribution in [-0.4, -0.2) is 124 Å². The fourth-order valence-electron chi connectivity index (χ4n) is 11.2. The summed E-state index contributed by atoms with van der Waals surface area (Å²) >= 11 is 7.19. The molecule has 2 fully saturated rings. The van der Waals surface area contributed by atoms with Crippen molar-refractivity contribution < 1.29 is 58.4 Å². The van der Waals surface area contributed by atoms with Crippen LogP contribution in [0.5, 0.6) is 0 Å². The lowest BCUT2D eigenvalue weighted by Crippen LogP contribution is -2.52. The summed E-state index contributed by atoms with van der Waals surface area (Å²) in [5.41, 5.74) is 2.63. The number of ether oxygens (including phenoxy) is 1. The van der Waals surface area contributed by atoms with Gasteiger partial charge in [-0.25, -0.2) is 34.9 Å². The molecular formula is C61H62N12O12S6. The lowest BCUT2D eigenvalue weighted by atomic mass is 9.77. The summed E-state index contributed by atoms with van der Waals surface area (Å²) in [6.45, 7) is 5.11. The van der Waals surface area contributed by atoms with Crippen molar-refractivity contribution in [3.05, 3.63) is 111 Å². The molecule has 474 valence electrons. The van der Waals surface area contributed by atoms with Gasteiger partial charge in [-0.2, -0.15) is 0 Å². The number of aryl methyl sites for hydroxylation is 1. The molecule has 2 aliphatic carbocycles. The number of carbonyl (C=O) groups excluding carboxylic acids is 6. The summed E-state index contributed by atoms with van der Waals surface area (Å²) in [4.78, 5) is 145. The molecule has 2 saturated carbocycles. The molecule has 8 aromatic rings. The number of amides is 5. The van der Waals surface area contributed by atoms with Crippen LogP contribution in [0.2, 0.25) is 0 Å². The van der Waals surface area contributed by atoms with E-state index in [1.54, 1.807) is 75.8 Å². The molecule has 3 aliphatic rings. The molecule has 0 radical (unpaired) electrons. The van der Waals surface area contributed by atoms with E-state index >= 15 is 0 Å². The van der Waals surface area contributed by atoms with Gasteiger partial charge in [0.15, 0.2) is 5.78 Å². The molecule has 7 N–H and O–H groups in total. The molecule has 1 unspecified atom stereocenters. The fraction of sp³-hybridized carbons (Fsp3) is 0.393. The van der Waals surface area contributed by atoms with Crippen LogP contribution in [0.3, 0.4) is 0 Å². The zero-order chi connectivity index (χ0) is 64.4. The molecule has 10 bridgehead atoms. The molecule has 24 nitrogen and oxygen atoms in total. The first-order valence-corrected chi connectivity index (χ1v) is 34.3. The number of hydrogen-bond acceptors (Lipinski definition) is 23. The largest absolute Gasteiger partial charge is 0.481 e. The van der Waals surface area contributed by atoms with Crippen LogP contribution in [0.15, 0.2) is 64.0 Å². The standard InChI is InChI=1S/C61H62N12O12S6/c1-27(2)35-19-41(74)46-28(3)90-57(71-46)37(20-44(75)62-4)65-51(78)39-24-86-53(67-39)34-15-16-36(55-69-43(26-89-55)73(33-17-32(18-33)61(83)84)59(80)30-11-13-31(14-12-30)60(81)82)64-47(34)38-23-87-56(66-38)40-25-88-58(68-40)49(50(77)29-9-7-6-8-10-29)70-45(76)21-63-52(79)48-42(22-85-5)91-54(35)72-48/h6-10,15-16,23-27,30-33,35,37,49-50,77H,11-14,17-22H2,1-5H3,(H,62,75)(H,63,79)(H,65,78)(H,70,76)(H,81,82)(H,83,84)/t30?,31?,32?,33?,35?,37-,49-,50-/m0/s1. The van der Waals surface area contributed by atoms with E-state index in [0.717, 1.165) is 11.3 Å². The summed E-state index contributed by atoms with van der Waals surface area (Å²) in [7, 11) is 2.95. The highest BCUT2D eigenvalue weighted by Gasteiger charge is 2.44. The highest BCUT2D eigenvalue weighted by atomic mass is 32.1. The molecular weight excluding hydrogens is 1290 g/mol. The maximum atomic E-state index is 14.5. The Morgan fingerprint density at radius 3 is 2.08 bits per heavy atom. The quantitative estimate of drug-likeness (QED) is 0.0565. The monoisotopic (exact) mass is 1350 g/mol. The zero-order valence-electron chi connectivity index (χ0n) is 49.7. The minimum Gasteiger partial charge on any atom is -0.481 e. The van der Waals surface area contributed by atoms with Crippen molar-refractivity contribution in [1.29, 1.82) is 0 Å². The van der Waals surface area contributed by atoms with E-state index in [4.69, 9.17) is 39.6 Å². The van der Waals surface area contributed by atoms with Gasteiger partial charge in [-0.3, -0.25) is 43.3 Å². The van der Waals surface area contributed by atoms with Crippen LogP contribution < -0.4 is 26.2 Å². The Labute approximate surface area is 545 Å². The van der Waals surface area contributed by atoms with Gasteiger partial charge in [0.1, 0.15) is 77.2 Å². The Morgan fingerprint density at radius 2 is 1.36 bits per heavy atom. The Bertz CT molecular complexity index is 4070. The minimum atomic E-state index is -1.30. The number of pyridine rings is 1. The fourth-order valence-corrected chi connectivity index (χ4v) is 16.8. The number of fused-ring (bicyclic) bond motifs is 14. The second kappa shape index (κ2) is 27.9. The number of Topliss-reactive ketones (excluding diaryl/α,β-unsaturated/α-hetero) is 1. The molecule has 11 rings (SSSR count). The van der Waals surface area contributed by atoms with E-state index in [2.05, 4.69) is 21.3 Å². The predicted octanol–water partition coefficient (Wildman–Crippen LogP) is 9.28. The van der Waals surface area contributed by atoms with E-state index in [-0.39, 0.29) is 67.0 Å². The van der Waals surface area contributed by atoms with Crippen molar-refractivity contribution in [2.24, 2.45) is 23.7 Å². The van der Waals surface area contributed by atoms with Gasteiger partial charge >= 0.3 is 11.9 Å². The maximum Gasteiger partial charge on any atom is 0.306 e. The number of rotatable bonds is 13. The molecule has 7 aromatic heterocycles. The second-order valence-electron chi connectivity index (χ2n) is 22.7. The summed E-state index contributed by atoms with van der Waals surface area (Å²) < 4.78 is 5.48. The number of carboxylic acid groups (broad SMARTS) is 2. The van der Waals surface area contributed by atoms with E-state index in [1.807, 2.05) is 13.8 Å². The van der Waals surface area contributed by atoms with Crippen LogP contribution in [0, 0.1) is 30.6 Å². The highest BCUT2D eigenvalue weighted by molar-refractivity contribution is 7.15. The van der Waals surface area contributed by atoms with Crippen molar-refractivity contribution in [1.82, 2.24) is 56.2 Å². The predicted molar refractivity (Wildman–Crippen MR) is 343 cm³/mol. The SMILES string of the molecule is CNC(=O)C[C@@H]1NC(=O)c2csc(n2)-c2ccc(-c3nc(N(C(=O)C4CCC(C(=O)O)CC4)C4CC(C(=O)O)C4)cs3)nc2-c2csc(n2)-c2csc(n2)[C@H]([C@@H](O)c2ccccc2)NC(=O)CNC(=O)c2nc(sc2COC)C(C(C)C)CC(=O)c2nc1sc2C. The second-order valence-corrected chi connectivity index (χ2v) is 28.5. The van der Waals surface area contributed by atoms with Crippen LogP contribution in [0.1, 0.15) is 151 Å². The number of anilines is 1. The van der Waals surface area contributed by atoms with Gasteiger partial charge in [-0.1, -0.05) is 44.2 Å². The van der Waals surface area contributed by atoms with Gasteiger partial charge < -0.3 is 41.3 Å². The third kappa shape index (κ3) is 14.1. The summed E-state index contributed by atoms with van der Waals surface area (Å²) in [5, 5.41) is 51.8. The van der Waals surface area contributed by atoms with Crippen molar-refractivity contribution in [3.63, 3.8) is 0 Å². The normalized spacial score (nSPS) is 21.0. The first-order valence-electron chi connectivity index (χ1n) is 29.2. The van der Waals surface area contributed by atoms with Gasteiger partial charge in [0, 0.05) is 70.4 Å². The van der Waals surface area contributed by atoms with Gasteiger partial charge in [-0.05, 0) is 69.1 Å². The average Bonchev–Trinajstić information content (AvgIpc) is 1.79. The highest BCUT2D eigenvalue weighted by Crippen LogP contribution is 2.43. The number of aliphatic carboxylic acids is 2. The van der Waals surface area contributed by atoms with E-state index in [9.17, 15) is 53.7 Å². The Balaban J connectivity index is 0.982. The Morgan fingerprint density at radius 1 is 0.692 bits per heavy atom. The number of thiazole rings is 6. The van der Waals surface area contributed by atoms with Crippen LogP contribution in [0.4, 0.5) is 5.82 Å². The van der Waals surface area contributed by atoms with Crippen molar-refractivity contribution in [2.75, 3.05) is 25.6 Å². The van der Waals surface area contributed by atoms with Crippen molar-refractivity contribution in [2.45, 2.75) is 109 Å². The van der Waals surface area contributed by atoms with Crippen LogP contribution in [0.25, 0.3) is 43.4 Å². The number of aromatic nitrogens is 7. The maximum absolute atomic E-state index is 14.5. The topological polar surface area (TPSA) is 348 Å². The molecule has 1 aromatic carbocycles. The van der Waals surface area contributed by atoms with Crippen molar-refractivity contribution >= 4 is 121 Å². The summed E-state index contributed by atoms with van der Waals surface area (Å²) in [6, 6.07) is 9.70. The van der Waals surface area contributed by atoms with E-state index in [0.29, 0.717) is 105 Å². The lowest BCUT2D eigenvalue weighted by Gasteiger charge is -2.42. The molecule has 1 aliphatic heterocycles.